The van der Waals surface area contributed by atoms with E-state index in [0.29, 0.717) is 23.6 Å². The average Bonchev–Trinajstić information content (AvgIpc) is 2.69. The largest absolute Gasteiger partial charge is 0.326 e. The van der Waals surface area contributed by atoms with Crippen LogP contribution in [0, 0.1) is 10.1 Å². The van der Waals surface area contributed by atoms with Crippen LogP contribution in [0.4, 0.5) is 22.7 Å². The van der Waals surface area contributed by atoms with Gasteiger partial charge in [0.15, 0.2) is 13.1 Å². The van der Waals surface area contributed by atoms with Gasteiger partial charge in [0.1, 0.15) is 0 Å². The highest BCUT2D eigenvalue weighted by molar-refractivity contribution is 5.94. The molecule has 1 atom stereocenters. The summed E-state index contributed by atoms with van der Waals surface area (Å²) < 4.78 is 0. The van der Waals surface area contributed by atoms with E-state index in [1.54, 1.807) is 24.3 Å². The molecule has 158 valence electrons. The number of amides is 3. The molecule has 0 aliphatic rings. The molecule has 0 aliphatic heterocycles. The summed E-state index contributed by atoms with van der Waals surface area (Å²) in [4.78, 5) is 46.5. The molecule has 2 aromatic carbocycles. The topological polar surface area (TPSA) is 135 Å². The van der Waals surface area contributed by atoms with Crippen LogP contribution in [0.3, 0.4) is 0 Å². The molecule has 0 saturated heterocycles. The van der Waals surface area contributed by atoms with E-state index in [9.17, 15) is 24.5 Å². The van der Waals surface area contributed by atoms with Crippen molar-refractivity contribution in [3.63, 3.8) is 0 Å². The zero-order chi connectivity index (χ0) is 22.1. The van der Waals surface area contributed by atoms with Gasteiger partial charge < -0.3 is 20.9 Å². The Morgan fingerprint density at radius 1 is 0.833 bits per heavy atom. The molecular weight excluding hydrogens is 390 g/mol. The first-order chi connectivity index (χ1) is 14.3. The van der Waals surface area contributed by atoms with Crippen molar-refractivity contribution >= 4 is 40.5 Å². The number of nitrogens with zero attached hydrogens (tertiary/aromatic N) is 1. The highest BCUT2D eigenvalue weighted by Gasteiger charge is 2.17. The lowest BCUT2D eigenvalue weighted by atomic mass is 10.2. The van der Waals surface area contributed by atoms with Crippen LogP contribution in [-0.4, -0.2) is 42.3 Å². The number of quaternary nitrogens is 1. The number of hydrogen-bond acceptors (Lipinski definition) is 5. The third-order valence-corrected chi connectivity index (χ3v) is 4.17. The summed E-state index contributed by atoms with van der Waals surface area (Å²) in [5, 5.41) is 18.7. The first-order valence-corrected chi connectivity index (χ1v) is 9.32. The molecule has 0 heterocycles. The minimum Gasteiger partial charge on any atom is -0.326 e. The molecule has 4 N–H and O–H groups in total. The van der Waals surface area contributed by atoms with Crippen molar-refractivity contribution in [1.29, 1.82) is 0 Å². The number of non-ortho nitro benzene ring substituents is 1. The van der Waals surface area contributed by atoms with Crippen molar-refractivity contribution in [3.05, 3.63) is 58.6 Å². The molecule has 0 bridgehead atoms. The van der Waals surface area contributed by atoms with Crippen molar-refractivity contribution in [2.75, 3.05) is 35.6 Å². The molecule has 0 saturated carbocycles. The smallest absolute Gasteiger partial charge is 0.279 e. The predicted octanol–water partition coefficient (Wildman–Crippen LogP) is 1.04. The van der Waals surface area contributed by atoms with Gasteiger partial charge in [-0.1, -0.05) is 0 Å². The number of carbonyl (C=O) groups excluding carboxylic acids is 3. The van der Waals surface area contributed by atoms with E-state index in [1.807, 2.05) is 6.92 Å². The number of nitro benzene ring substituents is 1. The number of nitrogens with one attached hydrogen (secondary N) is 4. The third kappa shape index (κ3) is 7.32. The summed E-state index contributed by atoms with van der Waals surface area (Å²) in [6.45, 7) is 4.00. The molecule has 0 radical (unpaired) electrons. The molecule has 0 aliphatic carbocycles. The molecule has 3 amide bonds. The zero-order valence-corrected chi connectivity index (χ0v) is 16.7. The summed E-state index contributed by atoms with van der Waals surface area (Å²) in [6, 6.07) is 12.2. The van der Waals surface area contributed by atoms with Crippen LogP contribution >= 0.6 is 0 Å². The Bertz CT molecular complexity index is 912. The van der Waals surface area contributed by atoms with Gasteiger partial charge >= 0.3 is 0 Å². The van der Waals surface area contributed by atoms with E-state index in [2.05, 4.69) is 16.0 Å². The second-order valence-corrected chi connectivity index (χ2v) is 6.62. The Labute approximate surface area is 173 Å². The van der Waals surface area contributed by atoms with Gasteiger partial charge in [0.2, 0.25) is 5.91 Å². The van der Waals surface area contributed by atoms with E-state index < -0.39 is 4.92 Å². The first-order valence-electron chi connectivity index (χ1n) is 9.32. The van der Waals surface area contributed by atoms with E-state index >= 15 is 0 Å². The van der Waals surface area contributed by atoms with Gasteiger partial charge in [-0.15, -0.1) is 0 Å². The van der Waals surface area contributed by atoms with Crippen molar-refractivity contribution < 1.29 is 24.2 Å². The standard InChI is InChI=1S/C20H23N5O5/c1-3-24(13-20(28)23-17-8-10-18(11-9-17)25(29)30)12-19(27)22-16-6-4-15(5-7-16)21-14(2)26/h4-11H,3,12-13H2,1-2H3,(H,21,26)(H,22,27)(H,23,28)/p+1. The van der Waals surface area contributed by atoms with Crippen LogP contribution in [0.25, 0.3) is 0 Å². The minimum absolute atomic E-state index is 0.0596. The lowest BCUT2D eigenvalue weighted by Gasteiger charge is -2.17. The van der Waals surface area contributed by atoms with Gasteiger partial charge in [-0.2, -0.15) is 0 Å². The number of hydrogen-bond donors (Lipinski definition) is 4. The molecule has 0 fully saturated rings. The summed E-state index contributed by atoms with van der Waals surface area (Å²) in [6.07, 6.45) is 0. The third-order valence-electron chi connectivity index (χ3n) is 4.17. The van der Waals surface area contributed by atoms with Gasteiger partial charge in [0.05, 0.1) is 11.5 Å². The lowest BCUT2D eigenvalue weighted by Crippen LogP contribution is -3.13. The molecular formula is C20H24N5O5+. The van der Waals surface area contributed by atoms with E-state index in [1.165, 1.54) is 31.2 Å². The predicted molar refractivity (Wildman–Crippen MR) is 112 cm³/mol. The van der Waals surface area contributed by atoms with Crippen LogP contribution in [0.5, 0.6) is 0 Å². The molecule has 2 aromatic rings. The van der Waals surface area contributed by atoms with Gasteiger partial charge in [0, 0.05) is 36.1 Å². The Hall–Kier alpha value is -3.79. The molecule has 2 rings (SSSR count). The second-order valence-electron chi connectivity index (χ2n) is 6.62. The first kappa shape index (κ1) is 22.5. The minimum atomic E-state index is -0.513. The van der Waals surface area contributed by atoms with Crippen molar-refractivity contribution in [1.82, 2.24) is 0 Å². The van der Waals surface area contributed by atoms with E-state index in [-0.39, 0.29) is 36.5 Å². The fourth-order valence-electron chi connectivity index (χ4n) is 2.68. The highest BCUT2D eigenvalue weighted by Crippen LogP contribution is 2.15. The van der Waals surface area contributed by atoms with Crippen LogP contribution in [0.2, 0.25) is 0 Å². The van der Waals surface area contributed by atoms with Gasteiger partial charge in [-0.3, -0.25) is 24.5 Å². The van der Waals surface area contributed by atoms with E-state index in [4.69, 9.17) is 0 Å². The van der Waals surface area contributed by atoms with Gasteiger partial charge in [0.25, 0.3) is 17.5 Å². The maximum absolute atomic E-state index is 12.3. The average molecular weight is 414 g/mol. The quantitative estimate of drug-likeness (QED) is 0.359. The summed E-state index contributed by atoms with van der Waals surface area (Å²) >= 11 is 0. The fraction of sp³-hybridized carbons (Fsp3) is 0.250. The van der Waals surface area contributed by atoms with E-state index in [0.717, 1.165) is 4.90 Å². The van der Waals surface area contributed by atoms with Crippen molar-refractivity contribution in [2.45, 2.75) is 13.8 Å². The van der Waals surface area contributed by atoms with Crippen LogP contribution < -0.4 is 20.9 Å². The number of nitro groups is 1. The number of carbonyl (C=O) groups is 3. The maximum Gasteiger partial charge on any atom is 0.279 e. The summed E-state index contributed by atoms with van der Waals surface area (Å²) in [7, 11) is 0. The summed E-state index contributed by atoms with van der Waals surface area (Å²) in [5.41, 5.74) is 1.60. The van der Waals surface area contributed by atoms with Crippen molar-refractivity contribution in [3.8, 4) is 0 Å². The molecule has 0 spiro atoms. The molecule has 30 heavy (non-hydrogen) atoms. The zero-order valence-electron chi connectivity index (χ0n) is 16.7. The highest BCUT2D eigenvalue weighted by atomic mass is 16.6. The molecule has 10 heteroatoms. The monoisotopic (exact) mass is 414 g/mol. The van der Waals surface area contributed by atoms with Gasteiger partial charge in [-0.05, 0) is 43.3 Å². The SMILES string of the molecule is CC[NH+](CC(=O)Nc1ccc(NC(C)=O)cc1)CC(=O)Nc1ccc([N+](=O)[O-])cc1. The van der Waals surface area contributed by atoms with Crippen LogP contribution in [0.1, 0.15) is 13.8 Å². The fourth-order valence-corrected chi connectivity index (χ4v) is 2.68. The number of anilines is 3. The number of benzene rings is 2. The molecule has 0 aromatic heterocycles. The number of likely N-dealkylation sites (N-methyl/N-ethyl adjacent to an activating group) is 1. The Morgan fingerprint density at radius 2 is 1.23 bits per heavy atom. The van der Waals surface area contributed by atoms with Crippen LogP contribution in [-0.2, 0) is 14.4 Å². The Kier molecular flexibility index (Phi) is 8.00. The second kappa shape index (κ2) is 10.7. The lowest BCUT2D eigenvalue weighted by molar-refractivity contribution is -0.881. The van der Waals surface area contributed by atoms with Crippen molar-refractivity contribution in [2.24, 2.45) is 0 Å². The summed E-state index contributed by atoms with van der Waals surface area (Å²) in [5.74, 6) is -0.726. The van der Waals surface area contributed by atoms with Gasteiger partial charge in [-0.25, -0.2) is 0 Å². The maximum atomic E-state index is 12.3. The van der Waals surface area contributed by atoms with Crippen LogP contribution in [0.15, 0.2) is 48.5 Å². The normalized spacial score (nSPS) is 11.3. The molecule has 1 unspecified atom stereocenters. The Balaban J connectivity index is 1.85. The molecule has 10 nitrogen and oxygen atoms in total. The number of rotatable bonds is 9. The Morgan fingerprint density at radius 3 is 1.60 bits per heavy atom.